The van der Waals surface area contributed by atoms with Crippen molar-refractivity contribution < 1.29 is 5.11 Å². The number of hydrogen-bond donors (Lipinski definition) is 1. The summed E-state index contributed by atoms with van der Waals surface area (Å²) in [6.07, 6.45) is 5.92. The number of hydrogen-bond acceptors (Lipinski definition) is 1. The molecule has 50 valence electrons. The molecule has 0 aromatic carbocycles. The Morgan fingerprint density at radius 2 is 1.50 bits per heavy atom. The molecule has 2 heteroatoms. The summed E-state index contributed by atoms with van der Waals surface area (Å²) in [6, 6.07) is 0. The molecule has 0 aromatic heterocycles. The van der Waals surface area contributed by atoms with Gasteiger partial charge in [-0.25, -0.2) is 0 Å². The van der Waals surface area contributed by atoms with Gasteiger partial charge < -0.3 is 5.11 Å². The Labute approximate surface area is 57.5 Å². The van der Waals surface area contributed by atoms with E-state index < -0.39 is 0 Å². The van der Waals surface area contributed by atoms with Crippen molar-refractivity contribution in [3.63, 3.8) is 0 Å². The standard InChI is InChI=1S/C6H12O.H2S/c7-6-4-2-1-3-5-6;/h6-7H,1-5H2;1H2. The van der Waals surface area contributed by atoms with Gasteiger partial charge in [0.1, 0.15) is 0 Å². The minimum absolute atomic E-state index is 0. The van der Waals surface area contributed by atoms with Gasteiger partial charge >= 0.3 is 0 Å². The average molecular weight is 134 g/mol. The number of aliphatic hydroxyl groups excluding tert-OH is 1. The second-order valence-electron chi connectivity index (χ2n) is 2.29. The van der Waals surface area contributed by atoms with Crippen LogP contribution in [0.1, 0.15) is 32.1 Å². The van der Waals surface area contributed by atoms with E-state index in [1.54, 1.807) is 0 Å². The fourth-order valence-corrected chi connectivity index (χ4v) is 1.08. The highest BCUT2D eigenvalue weighted by Crippen LogP contribution is 2.16. The predicted molar refractivity (Wildman–Crippen MR) is 39.5 cm³/mol. The van der Waals surface area contributed by atoms with E-state index in [0.717, 1.165) is 12.8 Å². The van der Waals surface area contributed by atoms with Crippen molar-refractivity contribution >= 4 is 13.5 Å². The quantitative estimate of drug-likeness (QED) is 0.531. The second kappa shape index (κ2) is 4.21. The largest absolute Gasteiger partial charge is 0.393 e. The summed E-state index contributed by atoms with van der Waals surface area (Å²) in [5.74, 6) is 0. The van der Waals surface area contributed by atoms with Gasteiger partial charge in [-0.05, 0) is 12.8 Å². The first kappa shape index (κ1) is 8.31. The minimum Gasteiger partial charge on any atom is -0.393 e. The van der Waals surface area contributed by atoms with E-state index in [4.69, 9.17) is 5.11 Å². The fourth-order valence-electron chi connectivity index (χ4n) is 1.08. The van der Waals surface area contributed by atoms with Crippen LogP contribution in [-0.2, 0) is 0 Å². The molecule has 8 heavy (non-hydrogen) atoms. The van der Waals surface area contributed by atoms with Crippen LogP contribution in [-0.4, -0.2) is 11.2 Å². The van der Waals surface area contributed by atoms with Gasteiger partial charge in [-0.1, -0.05) is 19.3 Å². The van der Waals surface area contributed by atoms with Crippen LogP contribution in [0.4, 0.5) is 0 Å². The summed E-state index contributed by atoms with van der Waals surface area (Å²) in [7, 11) is 0. The molecule has 0 radical (unpaired) electrons. The summed E-state index contributed by atoms with van der Waals surface area (Å²) < 4.78 is 0. The molecule has 0 heterocycles. The van der Waals surface area contributed by atoms with Crippen LogP contribution < -0.4 is 0 Å². The Hall–Kier alpha value is 0.310. The number of rotatable bonds is 0. The summed E-state index contributed by atoms with van der Waals surface area (Å²) in [6.45, 7) is 0. The van der Waals surface area contributed by atoms with Gasteiger partial charge in [0, 0.05) is 0 Å². The van der Waals surface area contributed by atoms with Crippen molar-refractivity contribution in [1.29, 1.82) is 0 Å². The Kier molecular flexibility index (Phi) is 4.38. The highest BCUT2D eigenvalue weighted by molar-refractivity contribution is 7.59. The summed E-state index contributed by atoms with van der Waals surface area (Å²) >= 11 is 0. The van der Waals surface area contributed by atoms with Crippen LogP contribution in [0.15, 0.2) is 0 Å². The highest BCUT2D eigenvalue weighted by atomic mass is 32.1. The lowest BCUT2D eigenvalue weighted by atomic mass is 9.98. The molecule has 0 bridgehead atoms. The lowest BCUT2D eigenvalue weighted by molar-refractivity contribution is 0.130. The normalized spacial score (nSPS) is 22.1. The van der Waals surface area contributed by atoms with Gasteiger partial charge in [-0.3, -0.25) is 0 Å². The molecule has 1 saturated carbocycles. The van der Waals surface area contributed by atoms with E-state index in [2.05, 4.69) is 0 Å². The Balaban J connectivity index is 0.000000490. The maximum absolute atomic E-state index is 8.91. The first-order valence-electron chi connectivity index (χ1n) is 3.07. The molecule has 1 N–H and O–H groups in total. The molecule has 0 unspecified atom stereocenters. The Morgan fingerprint density at radius 3 is 1.75 bits per heavy atom. The predicted octanol–water partition coefficient (Wildman–Crippen LogP) is 1.42. The molecule has 0 atom stereocenters. The number of aliphatic hydroxyl groups is 1. The van der Waals surface area contributed by atoms with Crippen molar-refractivity contribution in [2.75, 3.05) is 0 Å². The third-order valence-electron chi connectivity index (χ3n) is 1.57. The average Bonchev–Trinajstić information content (AvgIpc) is 1.69. The van der Waals surface area contributed by atoms with Crippen LogP contribution in [0.2, 0.25) is 0 Å². The lowest BCUT2D eigenvalue weighted by Crippen LogP contribution is -2.09. The molecule has 1 fully saturated rings. The van der Waals surface area contributed by atoms with Crippen molar-refractivity contribution in [3.8, 4) is 0 Å². The first-order chi connectivity index (χ1) is 3.39. The molecular formula is C6H14OS. The van der Waals surface area contributed by atoms with Crippen LogP contribution in [0, 0.1) is 0 Å². The third-order valence-corrected chi connectivity index (χ3v) is 1.57. The molecule has 0 saturated heterocycles. The Morgan fingerprint density at radius 1 is 1.00 bits per heavy atom. The van der Waals surface area contributed by atoms with Gasteiger partial charge in [-0.2, -0.15) is 13.5 Å². The van der Waals surface area contributed by atoms with E-state index in [1.807, 2.05) is 0 Å². The van der Waals surface area contributed by atoms with E-state index in [0.29, 0.717) is 0 Å². The molecule has 0 aromatic rings. The first-order valence-corrected chi connectivity index (χ1v) is 3.07. The molecule has 0 spiro atoms. The van der Waals surface area contributed by atoms with E-state index >= 15 is 0 Å². The van der Waals surface area contributed by atoms with Crippen molar-refractivity contribution in [1.82, 2.24) is 0 Å². The smallest absolute Gasteiger partial charge is 0.0540 e. The zero-order chi connectivity index (χ0) is 5.11. The van der Waals surface area contributed by atoms with E-state index in [-0.39, 0.29) is 19.6 Å². The molecule has 1 rings (SSSR count). The zero-order valence-electron chi connectivity index (χ0n) is 5.06. The molecule has 1 aliphatic rings. The van der Waals surface area contributed by atoms with Gasteiger partial charge in [0.25, 0.3) is 0 Å². The summed E-state index contributed by atoms with van der Waals surface area (Å²) in [5, 5.41) is 8.91. The second-order valence-corrected chi connectivity index (χ2v) is 2.29. The molecule has 0 amide bonds. The summed E-state index contributed by atoms with van der Waals surface area (Å²) in [4.78, 5) is 0. The van der Waals surface area contributed by atoms with Crippen molar-refractivity contribution in [2.45, 2.75) is 38.2 Å². The maximum Gasteiger partial charge on any atom is 0.0540 e. The molecule has 0 aliphatic heterocycles. The van der Waals surface area contributed by atoms with Crippen LogP contribution in [0.25, 0.3) is 0 Å². The summed E-state index contributed by atoms with van der Waals surface area (Å²) in [5.41, 5.74) is 0. The highest BCUT2D eigenvalue weighted by Gasteiger charge is 2.07. The Bertz CT molecular complexity index is 50.5. The molecule has 1 aliphatic carbocycles. The molecular weight excluding hydrogens is 120 g/mol. The molecule has 1 nitrogen and oxygen atoms in total. The van der Waals surface area contributed by atoms with Crippen LogP contribution >= 0.6 is 13.5 Å². The van der Waals surface area contributed by atoms with E-state index in [9.17, 15) is 0 Å². The lowest BCUT2D eigenvalue weighted by Gasteiger charge is -2.14. The van der Waals surface area contributed by atoms with E-state index in [1.165, 1.54) is 19.3 Å². The zero-order valence-corrected chi connectivity index (χ0v) is 6.06. The van der Waals surface area contributed by atoms with Gasteiger partial charge in [-0.15, -0.1) is 0 Å². The van der Waals surface area contributed by atoms with Gasteiger partial charge in [0.15, 0.2) is 0 Å². The van der Waals surface area contributed by atoms with Crippen LogP contribution in [0.3, 0.4) is 0 Å². The fraction of sp³-hybridized carbons (Fsp3) is 1.00. The van der Waals surface area contributed by atoms with Crippen LogP contribution in [0.5, 0.6) is 0 Å². The van der Waals surface area contributed by atoms with Gasteiger partial charge in [0.2, 0.25) is 0 Å². The minimum atomic E-state index is 0. The van der Waals surface area contributed by atoms with Crippen molar-refractivity contribution in [3.05, 3.63) is 0 Å². The maximum atomic E-state index is 8.91. The third kappa shape index (κ3) is 2.58. The topological polar surface area (TPSA) is 20.2 Å². The SMILES string of the molecule is OC1CCCCC1.S. The monoisotopic (exact) mass is 134 g/mol. The van der Waals surface area contributed by atoms with Crippen molar-refractivity contribution in [2.24, 2.45) is 0 Å². The van der Waals surface area contributed by atoms with Gasteiger partial charge in [0.05, 0.1) is 6.10 Å².